The van der Waals surface area contributed by atoms with Gasteiger partial charge in [-0.1, -0.05) is 36.2 Å². The van der Waals surface area contributed by atoms with E-state index in [2.05, 4.69) is 28.7 Å². The summed E-state index contributed by atoms with van der Waals surface area (Å²) in [4.78, 5) is 3.38. The first kappa shape index (κ1) is 14.8. The fourth-order valence-electron chi connectivity index (χ4n) is 2.17. The van der Waals surface area contributed by atoms with Gasteiger partial charge in [-0.25, -0.2) is 0 Å². The number of aromatic amines is 1. The normalized spacial score (nSPS) is 11.3. The molecule has 0 spiro atoms. The number of hydrogen-bond donors (Lipinski definition) is 2. The van der Waals surface area contributed by atoms with Crippen LogP contribution >= 0.6 is 23.4 Å². The number of fused-ring (bicyclic) bond motifs is 1. The summed E-state index contributed by atoms with van der Waals surface area (Å²) in [6.07, 6.45) is 6.01. The molecule has 2 N–H and O–H groups in total. The highest BCUT2D eigenvalue weighted by atomic mass is 35.5. The maximum absolute atomic E-state index is 6.36. The fourth-order valence-corrected chi connectivity index (χ4v) is 2.94. The van der Waals surface area contributed by atoms with E-state index >= 15 is 0 Å². The van der Waals surface area contributed by atoms with Gasteiger partial charge >= 0.3 is 0 Å². The van der Waals surface area contributed by atoms with Gasteiger partial charge in [0.1, 0.15) is 0 Å². The number of unbranched alkanes of at least 4 members (excludes halogenated alkanes) is 2. The second-order valence-electron chi connectivity index (χ2n) is 4.69. The minimum absolute atomic E-state index is 0.816. The molecule has 2 rings (SSSR count). The SMILES string of the molecule is CSCCCCCNCc1[nH]c2ccccc2c1Cl. The molecule has 0 aliphatic rings. The molecule has 0 amide bonds. The zero-order chi connectivity index (χ0) is 13.5. The van der Waals surface area contributed by atoms with Gasteiger partial charge in [0, 0.05) is 23.1 Å². The van der Waals surface area contributed by atoms with Gasteiger partial charge in [-0.3, -0.25) is 0 Å². The van der Waals surface area contributed by atoms with E-state index in [9.17, 15) is 0 Å². The molecule has 19 heavy (non-hydrogen) atoms. The monoisotopic (exact) mass is 296 g/mol. The molecule has 0 radical (unpaired) electrons. The molecule has 0 saturated heterocycles. The summed E-state index contributed by atoms with van der Waals surface area (Å²) in [6, 6.07) is 8.16. The minimum atomic E-state index is 0.816. The Bertz CT molecular complexity index is 510. The predicted octanol–water partition coefficient (Wildman–Crippen LogP) is 4.44. The van der Waals surface area contributed by atoms with Crippen LogP contribution in [0.4, 0.5) is 0 Å². The highest BCUT2D eigenvalue weighted by Gasteiger charge is 2.07. The summed E-state index contributed by atoms with van der Waals surface area (Å²) in [5.74, 6) is 1.27. The molecular weight excluding hydrogens is 276 g/mol. The standard InChI is InChI=1S/C15H21ClN2S/c1-19-10-6-2-5-9-17-11-14-15(16)12-7-3-4-8-13(12)18-14/h3-4,7-8,17-18H,2,5-6,9-11H2,1H3. The van der Waals surface area contributed by atoms with E-state index in [4.69, 9.17) is 11.6 Å². The molecule has 1 heterocycles. The summed E-state index contributed by atoms with van der Waals surface area (Å²) < 4.78 is 0. The third-order valence-electron chi connectivity index (χ3n) is 3.22. The van der Waals surface area contributed by atoms with Crippen LogP contribution in [0, 0.1) is 0 Å². The van der Waals surface area contributed by atoms with E-state index < -0.39 is 0 Å². The molecule has 4 heteroatoms. The molecule has 0 saturated carbocycles. The van der Waals surface area contributed by atoms with E-state index in [0.717, 1.165) is 34.7 Å². The zero-order valence-corrected chi connectivity index (χ0v) is 12.9. The van der Waals surface area contributed by atoms with Crippen molar-refractivity contribution in [3.8, 4) is 0 Å². The van der Waals surface area contributed by atoms with Crippen LogP contribution < -0.4 is 5.32 Å². The molecule has 0 bridgehead atoms. The van der Waals surface area contributed by atoms with Crippen LogP contribution in [-0.2, 0) is 6.54 Å². The highest BCUT2D eigenvalue weighted by Crippen LogP contribution is 2.26. The van der Waals surface area contributed by atoms with E-state index in [1.807, 2.05) is 23.9 Å². The Hall–Kier alpha value is -0.640. The van der Waals surface area contributed by atoms with Crippen molar-refractivity contribution in [2.45, 2.75) is 25.8 Å². The summed E-state index contributed by atoms with van der Waals surface area (Å²) in [5.41, 5.74) is 2.20. The lowest BCUT2D eigenvalue weighted by Crippen LogP contribution is -2.15. The van der Waals surface area contributed by atoms with Crippen molar-refractivity contribution in [1.29, 1.82) is 0 Å². The van der Waals surface area contributed by atoms with Crippen LogP contribution in [0.25, 0.3) is 10.9 Å². The van der Waals surface area contributed by atoms with E-state index in [1.165, 1.54) is 25.0 Å². The number of para-hydroxylation sites is 1. The molecule has 0 aliphatic heterocycles. The Morgan fingerprint density at radius 3 is 2.84 bits per heavy atom. The van der Waals surface area contributed by atoms with E-state index in [1.54, 1.807) is 0 Å². The number of hydrogen-bond acceptors (Lipinski definition) is 2. The fraction of sp³-hybridized carbons (Fsp3) is 0.467. The number of thioether (sulfide) groups is 1. The van der Waals surface area contributed by atoms with Gasteiger partial charge in [0.15, 0.2) is 0 Å². The van der Waals surface area contributed by atoms with Gasteiger partial charge in [-0.15, -0.1) is 0 Å². The van der Waals surface area contributed by atoms with Crippen LogP contribution in [0.2, 0.25) is 5.02 Å². The molecule has 0 unspecified atom stereocenters. The summed E-state index contributed by atoms with van der Waals surface area (Å²) in [7, 11) is 0. The first-order chi connectivity index (χ1) is 9.33. The van der Waals surface area contributed by atoms with Crippen LogP contribution in [0.3, 0.4) is 0 Å². The van der Waals surface area contributed by atoms with Crippen molar-refractivity contribution in [3.05, 3.63) is 35.0 Å². The molecule has 1 aromatic heterocycles. The second-order valence-corrected chi connectivity index (χ2v) is 6.06. The van der Waals surface area contributed by atoms with Crippen molar-refractivity contribution in [2.24, 2.45) is 0 Å². The quantitative estimate of drug-likeness (QED) is 0.705. The molecule has 0 atom stereocenters. The second kappa shape index (κ2) is 7.83. The van der Waals surface area contributed by atoms with Crippen molar-refractivity contribution < 1.29 is 0 Å². The first-order valence-corrected chi connectivity index (χ1v) is 8.55. The average Bonchev–Trinajstić information content (AvgIpc) is 2.75. The largest absolute Gasteiger partial charge is 0.356 e. The molecular formula is C15H21ClN2S. The van der Waals surface area contributed by atoms with Gasteiger partial charge in [-0.05, 0) is 37.5 Å². The third kappa shape index (κ3) is 4.16. The molecule has 1 aromatic carbocycles. The predicted molar refractivity (Wildman–Crippen MR) is 87.2 cm³/mol. The number of halogens is 1. The number of aromatic nitrogens is 1. The van der Waals surface area contributed by atoms with Crippen molar-refractivity contribution in [3.63, 3.8) is 0 Å². The zero-order valence-electron chi connectivity index (χ0n) is 11.3. The highest BCUT2D eigenvalue weighted by molar-refractivity contribution is 7.98. The topological polar surface area (TPSA) is 27.8 Å². The number of H-pyrrole nitrogens is 1. The lowest BCUT2D eigenvalue weighted by atomic mass is 10.2. The van der Waals surface area contributed by atoms with Crippen LogP contribution in [-0.4, -0.2) is 23.5 Å². The number of rotatable bonds is 8. The Balaban J connectivity index is 1.77. The summed E-state index contributed by atoms with van der Waals surface area (Å²) in [5, 5.41) is 5.42. The molecule has 2 aromatic rings. The van der Waals surface area contributed by atoms with Crippen molar-refractivity contribution in [2.75, 3.05) is 18.6 Å². The van der Waals surface area contributed by atoms with Crippen LogP contribution in [0.15, 0.2) is 24.3 Å². The number of benzene rings is 1. The lowest BCUT2D eigenvalue weighted by Gasteiger charge is -2.03. The average molecular weight is 297 g/mol. The molecule has 0 aliphatic carbocycles. The van der Waals surface area contributed by atoms with Crippen molar-refractivity contribution in [1.82, 2.24) is 10.3 Å². The molecule has 2 nitrogen and oxygen atoms in total. The van der Waals surface area contributed by atoms with Gasteiger partial charge in [0.25, 0.3) is 0 Å². The Morgan fingerprint density at radius 2 is 2.05 bits per heavy atom. The van der Waals surface area contributed by atoms with Crippen molar-refractivity contribution >= 4 is 34.3 Å². The minimum Gasteiger partial charge on any atom is -0.356 e. The maximum atomic E-state index is 6.36. The number of nitrogens with one attached hydrogen (secondary N) is 2. The Kier molecular flexibility index (Phi) is 6.08. The Morgan fingerprint density at radius 1 is 1.21 bits per heavy atom. The smallest absolute Gasteiger partial charge is 0.0705 e. The lowest BCUT2D eigenvalue weighted by molar-refractivity contribution is 0.614. The molecule has 0 fully saturated rings. The third-order valence-corrected chi connectivity index (χ3v) is 4.35. The van der Waals surface area contributed by atoms with Crippen LogP contribution in [0.1, 0.15) is 25.0 Å². The van der Waals surface area contributed by atoms with Gasteiger partial charge in [0.2, 0.25) is 0 Å². The van der Waals surface area contributed by atoms with E-state index in [-0.39, 0.29) is 0 Å². The Labute approximate surface area is 124 Å². The van der Waals surface area contributed by atoms with Gasteiger partial charge < -0.3 is 10.3 Å². The van der Waals surface area contributed by atoms with Crippen LogP contribution in [0.5, 0.6) is 0 Å². The first-order valence-electron chi connectivity index (χ1n) is 6.77. The maximum Gasteiger partial charge on any atom is 0.0705 e. The molecule has 104 valence electrons. The summed E-state index contributed by atoms with van der Waals surface area (Å²) in [6.45, 7) is 1.87. The summed E-state index contributed by atoms with van der Waals surface area (Å²) >= 11 is 8.29. The van der Waals surface area contributed by atoms with E-state index in [0.29, 0.717) is 0 Å². The van der Waals surface area contributed by atoms with Gasteiger partial charge in [-0.2, -0.15) is 11.8 Å². The van der Waals surface area contributed by atoms with Gasteiger partial charge in [0.05, 0.1) is 5.02 Å².